The van der Waals surface area contributed by atoms with Crippen LogP contribution in [0.15, 0.2) is 101 Å². The van der Waals surface area contributed by atoms with Crippen molar-refractivity contribution >= 4 is 47.0 Å². The molecule has 2 amide bonds. The molecule has 0 bridgehead atoms. The molecule has 180 valence electrons. The van der Waals surface area contributed by atoms with Gasteiger partial charge in [0, 0.05) is 23.4 Å². The molecule has 2 aliphatic rings. The summed E-state index contributed by atoms with van der Waals surface area (Å²) in [6, 6.07) is 18.8. The highest BCUT2D eigenvalue weighted by atomic mass is 32.2. The molecule has 0 spiro atoms. The van der Waals surface area contributed by atoms with Crippen LogP contribution in [-0.4, -0.2) is 38.8 Å². The minimum atomic E-state index is -0.677. The van der Waals surface area contributed by atoms with Gasteiger partial charge in [0.05, 0.1) is 5.57 Å². The molecule has 7 nitrogen and oxygen atoms in total. The molecule has 5 rings (SSSR count). The number of carbonyl (C=O) groups excluding carboxylic acids is 3. The lowest BCUT2D eigenvalue weighted by atomic mass is 10.00. The Morgan fingerprint density at radius 1 is 1.08 bits per heavy atom. The number of ether oxygens (including phenoxy) is 1. The summed E-state index contributed by atoms with van der Waals surface area (Å²) in [4.78, 5) is 44.0. The van der Waals surface area contributed by atoms with Crippen molar-refractivity contribution in [1.29, 1.82) is 0 Å². The number of benzene rings is 2. The Labute approximate surface area is 216 Å². The van der Waals surface area contributed by atoms with E-state index < -0.39 is 18.0 Å². The normalized spacial score (nSPS) is 18.5. The van der Waals surface area contributed by atoms with E-state index in [1.165, 1.54) is 40.2 Å². The number of carbonyl (C=O) groups is 3. The minimum absolute atomic E-state index is 0.120. The van der Waals surface area contributed by atoms with Crippen LogP contribution in [0.5, 0.6) is 0 Å². The van der Waals surface area contributed by atoms with E-state index in [0.29, 0.717) is 16.9 Å². The Kier molecular flexibility index (Phi) is 6.84. The topological polar surface area (TPSA) is 103 Å². The maximum atomic E-state index is 13.7. The molecule has 1 aromatic heterocycles. The molecule has 2 aliphatic heterocycles. The Hall–Kier alpha value is -3.95. The number of thiazole rings is 1. The standard InChI is InChI=1S/C27H21N3O4S2/c28-21(31)12-11-19-16-36-26-20(15-22-29-13-14-35-22)25(32)30(26)23(19)27(33)34-24(17-7-3-1-4-8-17)18-9-5-2-6-10-18/h1-15,24,26H,16H2,(H2,28,31)/b12-11+,20-15-/t26-/m1/s1. The van der Waals surface area contributed by atoms with Crippen LogP contribution in [0.4, 0.5) is 0 Å². The largest absolute Gasteiger partial charge is 0.448 e. The third kappa shape index (κ3) is 4.75. The van der Waals surface area contributed by atoms with Gasteiger partial charge in [-0.2, -0.15) is 0 Å². The molecule has 3 heterocycles. The molecule has 0 aliphatic carbocycles. The molecule has 1 atom stereocenters. The zero-order valence-electron chi connectivity index (χ0n) is 18.9. The quantitative estimate of drug-likeness (QED) is 0.289. The lowest BCUT2D eigenvalue weighted by molar-refractivity contribution is -0.149. The van der Waals surface area contributed by atoms with Gasteiger partial charge in [0.2, 0.25) is 5.91 Å². The van der Waals surface area contributed by atoms with Gasteiger partial charge < -0.3 is 10.5 Å². The first-order chi connectivity index (χ1) is 17.5. The number of allylic oxidation sites excluding steroid dienone is 1. The van der Waals surface area contributed by atoms with E-state index in [1.807, 2.05) is 66.0 Å². The fraction of sp³-hybridized carbons (Fsp3) is 0.111. The highest BCUT2D eigenvalue weighted by Gasteiger charge is 2.50. The number of nitrogens with two attached hydrogens (primary N) is 1. The summed E-state index contributed by atoms with van der Waals surface area (Å²) in [5.74, 6) is -1.19. The first-order valence-corrected chi connectivity index (χ1v) is 13.0. The summed E-state index contributed by atoms with van der Waals surface area (Å²) in [5, 5.41) is 2.21. The fourth-order valence-corrected chi connectivity index (χ4v) is 5.90. The minimum Gasteiger partial charge on any atom is -0.448 e. The second-order valence-electron chi connectivity index (χ2n) is 8.02. The molecule has 0 radical (unpaired) electrons. The average molecular weight is 516 g/mol. The summed E-state index contributed by atoms with van der Waals surface area (Å²) in [6.45, 7) is 0. The van der Waals surface area contributed by atoms with Crippen LogP contribution in [0.3, 0.4) is 0 Å². The van der Waals surface area contributed by atoms with Crippen LogP contribution >= 0.6 is 23.1 Å². The van der Waals surface area contributed by atoms with Gasteiger partial charge in [0.1, 0.15) is 16.1 Å². The van der Waals surface area contributed by atoms with Crippen LogP contribution in [0, 0.1) is 0 Å². The smallest absolute Gasteiger partial charge is 0.356 e. The second kappa shape index (κ2) is 10.3. The van der Waals surface area contributed by atoms with Crippen molar-refractivity contribution < 1.29 is 19.1 Å². The highest BCUT2D eigenvalue weighted by molar-refractivity contribution is 8.00. The van der Waals surface area contributed by atoms with Crippen molar-refractivity contribution in [2.24, 2.45) is 5.73 Å². The van der Waals surface area contributed by atoms with Gasteiger partial charge in [0.25, 0.3) is 5.91 Å². The van der Waals surface area contributed by atoms with Crippen LogP contribution in [0.25, 0.3) is 6.08 Å². The van der Waals surface area contributed by atoms with Gasteiger partial charge >= 0.3 is 5.97 Å². The van der Waals surface area contributed by atoms with Gasteiger partial charge in [-0.05, 0) is 22.8 Å². The Morgan fingerprint density at radius 3 is 2.33 bits per heavy atom. The van der Waals surface area contributed by atoms with E-state index in [0.717, 1.165) is 16.1 Å². The molecule has 3 aromatic rings. The summed E-state index contributed by atoms with van der Waals surface area (Å²) >= 11 is 2.91. The van der Waals surface area contributed by atoms with E-state index in [2.05, 4.69) is 4.98 Å². The number of hydrogen-bond acceptors (Lipinski definition) is 7. The predicted octanol–water partition coefficient (Wildman–Crippen LogP) is 4.07. The second-order valence-corrected chi connectivity index (χ2v) is 10.0. The van der Waals surface area contributed by atoms with E-state index in [4.69, 9.17) is 10.5 Å². The maximum Gasteiger partial charge on any atom is 0.356 e. The highest BCUT2D eigenvalue weighted by Crippen LogP contribution is 2.45. The number of aromatic nitrogens is 1. The SMILES string of the molecule is NC(=O)/C=C/C1=C(C(=O)OC(c2ccccc2)c2ccccc2)N2C(=O)/C(=C/c3nccs3)[C@H]2SC1. The number of esters is 1. The van der Waals surface area contributed by atoms with E-state index >= 15 is 0 Å². The number of nitrogens with zero attached hydrogens (tertiary/aromatic N) is 2. The van der Waals surface area contributed by atoms with E-state index in [1.54, 1.807) is 12.3 Å². The van der Waals surface area contributed by atoms with Crippen LogP contribution in [0.2, 0.25) is 0 Å². The van der Waals surface area contributed by atoms with Crippen molar-refractivity contribution in [2.45, 2.75) is 11.5 Å². The van der Waals surface area contributed by atoms with Crippen molar-refractivity contribution in [3.8, 4) is 0 Å². The van der Waals surface area contributed by atoms with Crippen LogP contribution in [-0.2, 0) is 19.1 Å². The van der Waals surface area contributed by atoms with Crippen LogP contribution < -0.4 is 5.73 Å². The predicted molar refractivity (Wildman–Crippen MR) is 139 cm³/mol. The molecule has 9 heteroatoms. The van der Waals surface area contributed by atoms with Gasteiger partial charge in [-0.25, -0.2) is 9.78 Å². The molecule has 2 N–H and O–H groups in total. The zero-order chi connectivity index (χ0) is 25.1. The fourth-order valence-electron chi connectivity index (χ4n) is 4.06. The average Bonchev–Trinajstić information content (AvgIpc) is 3.43. The van der Waals surface area contributed by atoms with Gasteiger partial charge in [-0.15, -0.1) is 23.1 Å². The van der Waals surface area contributed by atoms with E-state index in [-0.39, 0.29) is 17.0 Å². The van der Waals surface area contributed by atoms with Crippen molar-refractivity contribution in [2.75, 3.05) is 5.75 Å². The molecule has 2 aromatic carbocycles. The third-order valence-electron chi connectivity index (χ3n) is 5.71. The third-order valence-corrected chi connectivity index (χ3v) is 7.69. The van der Waals surface area contributed by atoms with Crippen molar-refractivity contribution in [3.05, 3.63) is 117 Å². The molecule has 36 heavy (non-hydrogen) atoms. The Balaban J connectivity index is 1.51. The Bertz CT molecular complexity index is 1340. The van der Waals surface area contributed by atoms with Gasteiger partial charge in [-0.3, -0.25) is 14.5 Å². The summed E-state index contributed by atoms with van der Waals surface area (Å²) in [5.41, 5.74) is 8.09. The number of thioether (sulfide) groups is 1. The first kappa shape index (κ1) is 23.8. The number of fused-ring (bicyclic) bond motifs is 1. The zero-order valence-corrected chi connectivity index (χ0v) is 20.6. The molecular weight excluding hydrogens is 494 g/mol. The molecule has 0 saturated carbocycles. The van der Waals surface area contributed by atoms with Crippen molar-refractivity contribution in [3.63, 3.8) is 0 Å². The summed E-state index contributed by atoms with van der Waals surface area (Å²) < 4.78 is 6.06. The maximum absolute atomic E-state index is 13.7. The molecule has 1 saturated heterocycles. The van der Waals surface area contributed by atoms with Crippen LogP contribution in [0.1, 0.15) is 22.2 Å². The molecule has 1 fully saturated rings. The van der Waals surface area contributed by atoms with Gasteiger partial charge in [0.15, 0.2) is 6.10 Å². The monoisotopic (exact) mass is 515 g/mol. The van der Waals surface area contributed by atoms with Gasteiger partial charge in [-0.1, -0.05) is 66.7 Å². The van der Waals surface area contributed by atoms with Crippen molar-refractivity contribution in [1.82, 2.24) is 9.88 Å². The summed E-state index contributed by atoms with van der Waals surface area (Å²) in [7, 11) is 0. The summed E-state index contributed by atoms with van der Waals surface area (Å²) in [6.07, 6.45) is 5.42. The number of hydrogen-bond donors (Lipinski definition) is 1. The number of primary amides is 1. The molecule has 0 unspecified atom stereocenters. The number of rotatable bonds is 7. The van der Waals surface area contributed by atoms with E-state index in [9.17, 15) is 14.4 Å². The number of β-lactam (4-membered cyclic amide) rings is 1. The lowest BCUT2D eigenvalue weighted by Gasteiger charge is -2.46. The Morgan fingerprint density at radius 2 is 1.75 bits per heavy atom. The first-order valence-electron chi connectivity index (χ1n) is 11.1. The number of amides is 2. The molecular formula is C27H21N3O4S2. The lowest BCUT2D eigenvalue weighted by Crippen LogP contribution is -2.56.